The van der Waals surface area contributed by atoms with Crippen molar-refractivity contribution in [2.45, 2.75) is 62.7 Å². The number of likely N-dealkylation sites (N-methyl/N-ethyl adjacent to an activating group) is 1. The number of carbonyl (C=O) groups excluding carboxylic acids is 1. The predicted molar refractivity (Wildman–Crippen MR) is 121 cm³/mol. The van der Waals surface area contributed by atoms with Crippen LogP contribution < -0.4 is 0 Å². The minimum Gasteiger partial charge on any atom is -0.469 e. The first kappa shape index (κ1) is 28.9. The molecule has 0 amide bonds. The van der Waals surface area contributed by atoms with E-state index in [2.05, 4.69) is 4.74 Å². The maximum atomic E-state index is 13.6. The summed E-state index contributed by atoms with van der Waals surface area (Å²) < 4.78 is 104. The summed E-state index contributed by atoms with van der Waals surface area (Å²) in [5.41, 5.74) is -2.35. The van der Waals surface area contributed by atoms with Crippen molar-refractivity contribution in [3.8, 4) is 0 Å². The van der Waals surface area contributed by atoms with E-state index in [0.717, 1.165) is 0 Å². The predicted octanol–water partition coefficient (Wildman–Crippen LogP) is 6.75. The fourth-order valence-corrected chi connectivity index (χ4v) is 4.80. The van der Waals surface area contributed by atoms with E-state index >= 15 is 0 Å². The topological polar surface area (TPSA) is 38.8 Å². The molecule has 4 nitrogen and oxygen atoms in total. The Morgan fingerprint density at radius 2 is 1.57 bits per heavy atom. The molecule has 2 aromatic rings. The average molecular weight is 536 g/mol. The third-order valence-electron chi connectivity index (χ3n) is 6.74. The van der Waals surface area contributed by atoms with Crippen molar-refractivity contribution in [3.05, 3.63) is 70.5 Å². The van der Waals surface area contributed by atoms with Crippen molar-refractivity contribution in [1.82, 2.24) is 4.90 Å². The number of alkyl halides is 6. The third-order valence-corrected chi connectivity index (χ3v) is 6.74. The molecule has 11 heteroatoms. The summed E-state index contributed by atoms with van der Waals surface area (Å²) in [6.45, 7) is 1.77. The van der Waals surface area contributed by atoms with Gasteiger partial charge in [-0.1, -0.05) is 12.1 Å². The fourth-order valence-electron chi connectivity index (χ4n) is 4.80. The van der Waals surface area contributed by atoms with Crippen molar-refractivity contribution in [1.29, 1.82) is 0 Å². The highest BCUT2D eigenvalue weighted by atomic mass is 19.4. The number of hydrogen-bond acceptors (Lipinski definition) is 4. The van der Waals surface area contributed by atoms with Crippen molar-refractivity contribution < 1.29 is 45.0 Å². The summed E-state index contributed by atoms with van der Waals surface area (Å²) >= 11 is 0. The lowest BCUT2D eigenvalue weighted by Gasteiger charge is -2.33. The van der Waals surface area contributed by atoms with Gasteiger partial charge >= 0.3 is 18.3 Å². The zero-order chi connectivity index (χ0) is 27.5. The fraction of sp³-hybridized carbons (Fsp3) is 0.500. The first-order chi connectivity index (χ1) is 17.2. The number of ether oxygens (including phenoxy) is 2. The van der Waals surface area contributed by atoms with Crippen LogP contribution in [0.4, 0.5) is 30.7 Å². The van der Waals surface area contributed by atoms with Gasteiger partial charge in [-0.2, -0.15) is 26.3 Å². The Balaban J connectivity index is 1.90. The summed E-state index contributed by atoms with van der Waals surface area (Å²) in [5.74, 6) is -1.21. The zero-order valence-corrected chi connectivity index (χ0v) is 20.5. The standard InChI is InChI=1S/C26H28F7NO3/c1-15(17-12-18(25(28,29)30)14-19(13-17)26(31,32)33)37-22-9-8-21(34(2)11-10-23(35)36-3)24(22)16-4-6-20(27)7-5-16/h4-7,12-15,21-22,24H,8-11H2,1-3H3/t15-,21-,22+,24+/m1/s1. The van der Waals surface area contributed by atoms with Gasteiger partial charge in [-0.25, -0.2) is 4.39 Å². The molecule has 204 valence electrons. The molecule has 0 saturated heterocycles. The number of benzene rings is 2. The van der Waals surface area contributed by atoms with Gasteiger partial charge in [0.05, 0.1) is 36.9 Å². The molecule has 3 rings (SSSR count). The molecular weight excluding hydrogens is 507 g/mol. The van der Waals surface area contributed by atoms with Crippen LogP contribution in [0.3, 0.4) is 0 Å². The molecule has 0 N–H and O–H groups in total. The van der Waals surface area contributed by atoms with Crippen LogP contribution in [0.15, 0.2) is 42.5 Å². The lowest BCUT2D eigenvalue weighted by molar-refractivity contribution is -0.143. The van der Waals surface area contributed by atoms with E-state index in [0.29, 0.717) is 37.1 Å². The lowest BCUT2D eigenvalue weighted by Crippen LogP contribution is -2.38. The van der Waals surface area contributed by atoms with Crippen LogP contribution in [0.2, 0.25) is 0 Å². The number of rotatable bonds is 8. The van der Waals surface area contributed by atoms with Gasteiger partial charge < -0.3 is 14.4 Å². The molecule has 1 aliphatic rings. The van der Waals surface area contributed by atoms with Gasteiger partial charge in [0, 0.05) is 18.5 Å². The summed E-state index contributed by atoms with van der Waals surface area (Å²) in [7, 11) is 3.08. The van der Waals surface area contributed by atoms with Gasteiger partial charge in [0.15, 0.2) is 0 Å². The van der Waals surface area contributed by atoms with E-state index < -0.39 is 47.5 Å². The van der Waals surface area contributed by atoms with Gasteiger partial charge in [0.2, 0.25) is 0 Å². The second-order valence-electron chi connectivity index (χ2n) is 9.18. The first-order valence-electron chi connectivity index (χ1n) is 11.7. The molecule has 1 saturated carbocycles. The van der Waals surface area contributed by atoms with Crippen LogP contribution in [0.25, 0.3) is 0 Å². The summed E-state index contributed by atoms with van der Waals surface area (Å²) in [5, 5.41) is 0. The zero-order valence-electron chi connectivity index (χ0n) is 20.5. The SMILES string of the molecule is COC(=O)CCN(C)[C@@H]1CC[C@H](O[C@H](C)c2cc(C(F)(F)F)cc(C(F)(F)F)c2)[C@H]1c1ccc(F)cc1. The number of nitrogens with zero attached hydrogens (tertiary/aromatic N) is 1. The molecule has 0 spiro atoms. The molecule has 1 fully saturated rings. The number of methoxy groups -OCH3 is 1. The maximum Gasteiger partial charge on any atom is 0.416 e. The van der Waals surface area contributed by atoms with Crippen molar-refractivity contribution in [2.24, 2.45) is 0 Å². The molecule has 0 unspecified atom stereocenters. The van der Waals surface area contributed by atoms with E-state index in [-0.39, 0.29) is 30.0 Å². The summed E-state index contributed by atoms with van der Waals surface area (Å²) in [4.78, 5) is 13.5. The normalized spacial score (nSPS) is 21.3. The Labute approximate surface area is 210 Å². The van der Waals surface area contributed by atoms with Crippen LogP contribution >= 0.6 is 0 Å². The summed E-state index contributed by atoms with van der Waals surface area (Å²) in [6, 6.07) is 6.98. The molecule has 1 aliphatic carbocycles. The molecule has 0 aromatic heterocycles. The molecule has 0 aliphatic heterocycles. The van der Waals surface area contributed by atoms with Gasteiger partial charge in [0.25, 0.3) is 0 Å². The van der Waals surface area contributed by atoms with Crippen molar-refractivity contribution >= 4 is 5.97 Å². The van der Waals surface area contributed by atoms with Gasteiger partial charge in [-0.15, -0.1) is 0 Å². The number of hydrogen-bond donors (Lipinski definition) is 0. The molecule has 37 heavy (non-hydrogen) atoms. The average Bonchev–Trinajstić information content (AvgIpc) is 3.24. The quantitative estimate of drug-likeness (QED) is 0.277. The number of carbonyl (C=O) groups is 1. The maximum absolute atomic E-state index is 13.6. The lowest BCUT2D eigenvalue weighted by atomic mass is 9.91. The minimum atomic E-state index is -4.97. The first-order valence-corrected chi connectivity index (χ1v) is 11.7. The van der Waals surface area contributed by atoms with Gasteiger partial charge in [-0.05, 0) is 68.3 Å². The Hall–Kier alpha value is -2.66. The Morgan fingerprint density at radius 1 is 1.00 bits per heavy atom. The van der Waals surface area contributed by atoms with E-state index in [1.54, 1.807) is 19.2 Å². The molecule has 0 heterocycles. The number of halogens is 7. The Bertz CT molecular complexity index is 1040. The molecule has 2 aromatic carbocycles. The van der Waals surface area contributed by atoms with E-state index in [9.17, 15) is 35.5 Å². The monoisotopic (exact) mass is 535 g/mol. The molecule has 4 atom stereocenters. The Morgan fingerprint density at radius 3 is 2.08 bits per heavy atom. The minimum absolute atomic E-state index is 0.0827. The highest BCUT2D eigenvalue weighted by Crippen LogP contribution is 2.43. The van der Waals surface area contributed by atoms with Crippen molar-refractivity contribution in [2.75, 3.05) is 20.7 Å². The second-order valence-corrected chi connectivity index (χ2v) is 9.18. The van der Waals surface area contributed by atoms with Gasteiger partial charge in [-0.3, -0.25) is 4.79 Å². The molecule has 0 bridgehead atoms. The summed E-state index contributed by atoms with van der Waals surface area (Å²) in [6.07, 6.45) is -10.4. The van der Waals surface area contributed by atoms with E-state index in [1.165, 1.54) is 26.2 Å². The van der Waals surface area contributed by atoms with Crippen LogP contribution in [-0.2, 0) is 26.6 Å². The highest BCUT2D eigenvalue weighted by Gasteiger charge is 2.42. The van der Waals surface area contributed by atoms with Crippen molar-refractivity contribution in [3.63, 3.8) is 0 Å². The molecular formula is C26H28F7NO3. The smallest absolute Gasteiger partial charge is 0.416 e. The molecule has 0 radical (unpaired) electrons. The van der Waals surface area contributed by atoms with E-state index in [1.807, 2.05) is 4.90 Å². The second kappa shape index (κ2) is 11.4. The van der Waals surface area contributed by atoms with Crippen LogP contribution in [-0.4, -0.2) is 43.7 Å². The van der Waals surface area contributed by atoms with Crippen LogP contribution in [0.5, 0.6) is 0 Å². The third kappa shape index (κ3) is 7.22. The largest absolute Gasteiger partial charge is 0.469 e. The number of esters is 1. The van der Waals surface area contributed by atoms with E-state index in [4.69, 9.17) is 4.74 Å². The Kier molecular flexibility index (Phi) is 8.89. The van der Waals surface area contributed by atoms with Crippen LogP contribution in [0.1, 0.15) is 60.5 Å². The highest BCUT2D eigenvalue weighted by molar-refractivity contribution is 5.69. The van der Waals surface area contributed by atoms with Crippen LogP contribution in [0, 0.1) is 5.82 Å². The van der Waals surface area contributed by atoms with Gasteiger partial charge in [0.1, 0.15) is 5.82 Å².